The van der Waals surface area contributed by atoms with E-state index in [-0.39, 0.29) is 0 Å². The van der Waals surface area contributed by atoms with Crippen molar-refractivity contribution in [2.24, 2.45) is 5.73 Å². The summed E-state index contributed by atoms with van der Waals surface area (Å²) in [5, 5.41) is 3.32. The topological polar surface area (TPSA) is 50.9 Å². The first-order valence-corrected chi connectivity index (χ1v) is 5.02. The molecule has 1 aromatic heterocycles. The first-order valence-electron chi connectivity index (χ1n) is 4.14. The molecule has 12 heavy (non-hydrogen) atoms. The minimum absolute atomic E-state index is 0.759. The molecule has 0 fully saturated rings. The number of thiazole rings is 1. The summed E-state index contributed by atoms with van der Waals surface area (Å²) in [6.45, 7) is 4.72. The molecule has 4 heteroatoms. The van der Waals surface area contributed by atoms with Gasteiger partial charge in [-0.2, -0.15) is 0 Å². The van der Waals surface area contributed by atoms with E-state index in [2.05, 4.69) is 10.3 Å². The van der Waals surface area contributed by atoms with Crippen molar-refractivity contribution < 1.29 is 0 Å². The molecule has 68 valence electrons. The van der Waals surface area contributed by atoms with Gasteiger partial charge in [0.15, 0.2) is 0 Å². The van der Waals surface area contributed by atoms with Crippen molar-refractivity contribution in [1.29, 1.82) is 0 Å². The molecule has 0 bridgehead atoms. The van der Waals surface area contributed by atoms with Gasteiger partial charge in [0.25, 0.3) is 0 Å². The molecule has 0 radical (unpaired) electrons. The summed E-state index contributed by atoms with van der Waals surface area (Å²) >= 11 is 1.70. The number of rotatable bonds is 5. The van der Waals surface area contributed by atoms with Gasteiger partial charge >= 0.3 is 0 Å². The van der Waals surface area contributed by atoms with E-state index in [1.54, 1.807) is 11.3 Å². The van der Waals surface area contributed by atoms with Crippen molar-refractivity contribution in [3.8, 4) is 0 Å². The summed E-state index contributed by atoms with van der Waals surface area (Å²) < 4.78 is 0. The predicted molar refractivity (Wildman–Crippen MR) is 52.2 cm³/mol. The van der Waals surface area contributed by atoms with Gasteiger partial charge in [0, 0.05) is 11.4 Å². The molecule has 3 nitrogen and oxygen atoms in total. The highest BCUT2D eigenvalue weighted by Crippen LogP contribution is 2.10. The Balaban J connectivity index is 2.20. The Morgan fingerprint density at radius 2 is 2.50 bits per heavy atom. The molecule has 0 unspecified atom stereocenters. The van der Waals surface area contributed by atoms with Crippen LogP contribution in [0.3, 0.4) is 0 Å². The highest BCUT2D eigenvalue weighted by atomic mass is 32.1. The molecule has 1 rings (SSSR count). The minimum atomic E-state index is 0.759. The Hall–Kier alpha value is -0.450. The van der Waals surface area contributed by atoms with E-state index < -0.39 is 0 Å². The van der Waals surface area contributed by atoms with Crippen molar-refractivity contribution in [3.63, 3.8) is 0 Å². The highest BCUT2D eigenvalue weighted by molar-refractivity contribution is 7.09. The molecule has 0 amide bonds. The maximum Gasteiger partial charge on any atom is 0.0798 e. The van der Waals surface area contributed by atoms with Crippen molar-refractivity contribution in [3.05, 3.63) is 16.1 Å². The molecule has 0 atom stereocenters. The Bertz CT molecular complexity index is 222. The molecular formula is C8H15N3S. The summed E-state index contributed by atoms with van der Waals surface area (Å²) in [6.07, 6.45) is 1.04. The van der Waals surface area contributed by atoms with Crippen molar-refractivity contribution in [2.75, 3.05) is 13.1 Å². The lowest BCUT2D eigenvalue weighted by molar-refractivity contribution is 0.658. The fraction of sp³-hybridized carbons (Fsp3) is 0.625. The monoisotopic (exact) mass is 185 g/mol. The second kappa shape index (κ2) is 5.24. The van der Waals surface area contributed by atoms with Gasteiger partial charge in [-0.25, -0.2) is 4.98 Å². The number of nitrogens with zero attached hydrogens (tertiary/aromatic N) is 1. The van der Waals surface area contributed by atoms with E-state index in [1.807, 2.05) is 12.4 Å². The predicted octanol–water partition coefficient (Wildman–Crippen LogP) is 0.890. The Kier molecular flexibility index (Phi) is 4.21. The molecule has 0 spiro atoms. The number of nitrogens with two attached hydrogens (primary N) is 1. The first kappa shape index (κ1) is 9.64. The maximum absolute atomic E-state index is 5.37. The van der Waals surface area contributed by atoms with Crippen LogP contribution in [0.2, 0.25) is 0 Å². The van der Waals surface area contributed by atoms with E-state index >= 15 is 0 Å². The van der Waals surface area contributed by atoms with E-state index in [4.69, 9.17) is 5.73 Å². The van der Waals surface area contributed by atoms with Crippen LogP contribution in [0.4, 0.5) is 0 Å². The third-order valence-corrected chi connectivity index (χ3v) is 2.62. The number of nitrogens with one attached hydrogen (secondary N) is 1. The Labute approximate surface area is 77.0 Å². The number of hydrogen-bond acceptors (Lipinski definition) is 4. The van der Waals surface area contributed by atoms with Gasteiger partial charge < -0.3 is 11.1 Å². The lowest BCUT2D eigenvalue weighted by Crippen LogP contribution is -2.17. The minimum Gasteiger partial charge on any atom is -0.330 e. The number of aromatic nitrogens is 1. The molecular weight excluding hydrogens is 170 g/mol. The van der Waals surface area contributed by atoms with Gasteiger partial charge in [0.05, 0.1) is 11.2 Å². The third-order valence-electron chi connectivity index (χ3n) is 1.69. The maximum atomic E-state index is 5.37. The molecule has 0 aliphatic rings. The second-order valence-corrected chi connectivity index (χ2v) is 3.62. The molecule has 0 saturated carbocycles. The van der Waals surface area contributed by atoms with Crippen LogP contribution < -0.4 is 11.1 Å². The summed E-state index contributed by atoms with van der Waals surface area (Å²) in [4.78, 5) is 5.50. The molecule has 0 aromatic carbocycles. The van der Waals surface area contributed by atoms with Gasteiger partial charge in [-0.15, -0.1) is 11.3 Å². The Morgan fingerprint density at radius 1 is 1.67 bits per heavy atom. The Morgan fingerprint density at radius 3 is 3.08 bits per heavy atom. The van der Waals surface area contributed by atoms with Gasteiger partial charge in [0.2, 0.25) is 0 Å². The molecule has 0 saturated heterocycles. The zero-order valence-electron chi connectivity index (χ0n) is 7.34. The smallest absolute Gasteiger partial charge is 0.0798 e. The molecule has 0 aliphatic carbocycles. The second-order valence-electron chi connectivity index (χ2n) is 2.68. The quantitative estimate of drug-likeness (QED) is 0.670. The third kappa shape index (κ3) is 2.89. The zero-order valence-corrected chi connectivity index (χ0v) is 8.16. The fourth-order valence-electron chi connectivity index (χ4n) is 0.925. The highest BCUT2D eigenvalue weighted by Gasteiger charge is 1.98. The standard InChI is InChI=1S/C8H15N3S/c1-7-8(12-6-11-7)5-10-4-2-3-9/h6,10H,2-5,9H2,1H3. The van der Waals surface area contributed by atoms with Crippen LogP contribution in [-0.2, 0) is 6.54 Å². The fourth-order valence-corrected chi connectivity index (χ4v) is 1.67. The zero-order chi connectivity index (χ0) is 8.81. The summed E-state index contributed by atoms with van der Waals surface area (Å²) in [5.74, 6) is 0. The van der Waals surface area contributed by atoms with Crippen LogP contribution in [0.15, 0.2) is 5.51 Å². The first-order chi connectivity index (χ1) is 5.84. The number of aryl methyl sites for hydroxylation is 1. The van der Waals surface area contributed by atoms with Crippen LogP contribution in [0.5, 0.6) is 0 Å². The van der Waals surface area contributed by atoms with Gasteiger partial charge in [0.1, 0.15) is 0 Å². The molecule has 1 aromatic rings. The largest absolute Gasteiger partial charge is 0.330 e. The van der Waals surface area contributed by atoms with E-state index in [9.17, 15) is 0 Å². The van der Waals surface area contributed by atoms with Crippen LogP contribution in [-0.4, -0.2) is 18.1 Å². The summed E-state index contributed by atoms with van der Waals surface area (Å²) in [7, 11) is 0. The van der Waals surface area contributed by atoms with Crippen LogP contribution >= 0.6 is 11.3 Å². The molecule has 1 heterocycles. The van der Waals surface area contributed by atoms with Gasteiger partial charge in [-0.1, -0.05) is 0 Å². The lowest BCUT2D eigenvalue weighted by atomic mass is 10.3. The molecule has 3 N–H and O–H groups in total. The summed E-state index contributed by atoms with van der Waals surface area (Å²) in [6, 6.07) is 0. The van der Waals surface area contributed by atoms with E-state index in [0.29, 0.717) is 0 Å². The summed E-state index contributed by atoms with van der Waals surface area (Å²) in [5.41, 5.74) is 8.39. The van der Waals surface area contributed by atoms with Crippen LogP contribution in [0.1, 0.15) is 17.0 Å². The van der Waals surface area contributed by atoms with Gasteiger partial charge in [-0.3, -0.25) is 0 Å². The van der Waals surface area contributed by atoms with Crippen molar-refractivity contribution in [2.45, 2.75) is 19.9 Å². The van der Waals surface area contributed by atoms with Crippen molar-refractivity contribution >= 4 is 11.3 Å². The lowest BCUT2D eigenvalue weighted by Gasteiger charge is -2.01. The molecule has 0 aliphatic heterocycles. The van der Waals surface area contributed by atoms with Crippen molar-refractivity contribution in [1.82, 2.24) is 10.3 Å². The van der Waals surface area contributed by atoms with Crippen LogP contribution in [0.25, 0.3) is 0 Å². The average molecular weight is 185 g/mol. The van der Waals surface area contributed by atoms with E-state index in [0.717, 1.165) is 31.7 Å². The van der Waals surface area contributed by atoms with Crippen LogP contribution in [0, 0.1) is 6.92 Å². The van der Waals surface area contributed by atoms with Gasteiger partial charge in [-0.05, 0) is 26.4 Å². The number of hydrogen-bond donors (Lipinski definition) is 2. The average Bonchev–Trinajstić information content (AvgIpc) is 2.46. The normalized spacial score (nSPS) is 10.5. The SMILES string of the molecule is Cc1ncsc1CNCCCN. The van der Waals surface area contributed by atoms with E-state index in [1.165, 1.54) is 4.88 Å².